The van der Waals surface area contributed by atoms with Crippen LogP contribution in [0.5, 0.6) is 0 Å². The van der Waals surface area contributed by atoms with E-state index in [0.717, 1.165) is 0 Å². The van der Waals surface area contributed by atoms with E-state index in [2.05, 4.69) is 25.1 Å². The van der Waals surface area contributed by atoms with Gasteiger partial charge in [-0.2, -0.15) is 5.10 Å². The topological polar surface area (TPSA) is 173 Å². The highest BCUT2D eigenvalue weighted by molar-refractivity contribution is 7.18. The molecule has 11 heteroatoms. The molecule has 0 aromatic carbocycles. The summed E-state index contributed by atoms with van der Waals surface area (Å²) in [6.45, 7) is 0. The summed E-state index contributed by atoms with van der Waals surface area (Å²) >= 11 is 1.19. The molecule has 0 aliphatic heterocycles. The molecule has 0 saturated heterocycles. The monoisotopic (exact) mass is 381 g/mol. The number of hydrogen-bond donors (Lipinski definition) is 4. The Morgan fingerprint density at radius 2 is 1.96 bits per heavy atom. The number of amides is 1. The van der Waals surface area contributed by atoms with Crippen LogP contribution in [0.2, 0.25) is 0 Å². The zero-order chi connectivity index (χ0) is 19.1. The number of pyridine rings is 2. The fraction of sp³-hybridized carbons (Fsp3) is 0. The molecule has 6 N–H and O–H groups in total. The molecule has 134 valence electrons. The number of carbonyl (C=O) groups is 1. The molecule has 0 unspecified atom stereocenters. The van der Waals surface area contributed by atoms with Crippen LogP contribution in [0.3, 0.4) is 0 Å². The summed E-state index contributed by atoms with van der Waals surface area (Å²) in [5.41, 5.74) is 12.2. The van der Waals surface area contributed by atoms with Crippen LogP contribution in [0.4, 0.5) is 5.69 Å². The molecular formula is C16H11N7O3S. The van der Waals surface area contributed by atoms with Gasteiger partial charge in [0, 0.05) is 18.5 Å². The fourth-order valence-electron chi connectivity index (χ4n) is 2.54. The number of carbonyl (C=O) groups excluding carboxylic acids is 1. The minimum atomic E-state index is -0.661. The molecule has 0 aliphatic rings. The lowest BCUT2D eigenvalue weighted by atomic mass is 10.1. The molecule has 4 aromatic rings. The van der Waals surface area contributed by atoms with E-state index < -0.39 is 11.5 Å². The maximum atomic E-state index is 12.6. The lowest BCUT2D eigenvalue weighted by Gasteiger charge is -2.06. The van der Waals surface area contributed by atoms with Crippen molar-refractivity contribution in [1.82, 2.24) is 25.1 Å². The van der Waals surface area contributed by atoms with E-state index in [1.165, 1.54) is 35.9 Å². The largest absolute Gasteiger partial charge is 0.396 e. The highest BCUT2D eigenvalue weighted by Gasteiger charge is 2.18. The van der Waals surface area contributed by atoms with Crippen molar-refractivity contribution < 1.29 is 4.79 Å². The van der Waals surface area contributed by atoms with Crippen molar-refractivity contribution in [1.29, 1.82) is 0 Å². The molecule has 0 atom stereocenters. The third kappa shape index (κ3) is 2.85. The van der Waals surface area contributed by atoms with Gasteiger partial charge in [-0.25, -0.2) is 10.1 Å². The number of anilines is 1. The second-order valence-electron chi connectivity index (χ2n) is 5.56. The minimum Gasteiger partial charge on any atom is -0.396 e. The lowest BCUT2D eigenvalue weighted by molar-refractivity contribution is 0.1000. The Labute approximate surface area is 153 Å². The van der Waals surface area contributed by atoms with E-state index in [-0.39, 0.29) is 22.4 Å². The van der Waals surface area contributed by atoms with Crippen LogP contribution in [-0.4, -0.2) is 31.1 Å². The van der Waals surface area contributed by atoms with Gasteiger partial charge in [-0.15, -0.1) is 11.3 Å². The standard InChI is InChI=1S/C16H11N7O3S/c17-12-11(15(26)21-8-3-6(14(18)25)4-19-13(8)12)16-20-5-9(27-16)7-1-2-10(24)23-22-7/h1-5H,(H2,18,25)(H,23,24)(H3,17,21,26). The maximum Gasteiger partial charge on any atom is 0.264 e. The number of thiazole rings is 1. The summed E-state index contributed by atoms with van der Waals surface area (Å²) in [6, 6.07) is 4.32. The zero-order valence-electron chi connectivity index (χ0n) is 13.5. The van der Waals surface area contributed by atoms with E-state index in [9.17, 15) is 14.4 Å². The van der Waals surface area contributed by atoms with E-state index in [1.54, 1.807) is 6.07 Å². The van der Waals surface area contributed by atoms with Crippen LogP contribution in [-0.2, 0) is 0 Å². The van der Waals surface area contributed by atoms with Crippen LogP contribution in [0.1, 0.15) is 10.4 Å². The molecule has 10 nitrogen and oxygen atoms in total. The summed E-state index contributed by atoms with van der Waals surface area (Å²) in [7, 11) is 0. The van der Waals surface area contributed by atoms with E-state index >= 15 is 0 Å². The van der Waals surface area contributed by atoms with Crippen molar-refractivity contribution in [2.75, 3.05) is 5.73 Å². The number of rotatable bonds is 3. The third-order valence-electron chi connectivity index (χ3n) is 3.82. The molecule has 0 spiro atoms. The quantitative estimate of drug-likeness (QED) is 0.399. The van der Waals surface area contributed by atoms with Gasteiger partial charge in [-0.3, -0.25) is 19.4 Å². The molecule has 0 bridgehead atoms. The molecule has 4 aromatic heterocycles. The Balaban J connectivity index is 1.86. The molecule has 1 amide bonds. The highest BCUT2D eigenvalue weighted by Crippen LogP contribution is 2.33. The first-order valence-corrected chi connectivity index (χ1v) is 8.39. The molecule has 27 heavy (non-hydrogen) atoms. The summed E-state index contributed by atoms with van der Waals surface area (Å²) < 4.78 is 0. The number of aromatic amines is 2. The van der Waals surface area contributed by atoms with Gasteiger partial charge in [0.05, 0.1) is 21.6 Å². The van der Waals surface area contributed by atoms with Crippen molar-refractivity contribution in [3.8, 4) is 21.1 Å². The second kappa shape index (κ2) is 6.14. The third-order valence-corrected chi connectivity index (χ3v) is 4.86. The van der Waals surface area contributed by atoms with E-state index in [0.29, 0.717) is 26.6 Å². The van der Waals surface area contributed by atoms with Crippen molar-refractivity contribution in [2.45, 2.75) is 0 Å². The van der Waals surface area contributed by atoms with Crippen LogP contribution in [0.25, 0.3) is 32.2 Å². The zero-order valence-corrected chi connectivity index (χ0v) is 14.3. The number of aromatic nitrogens is 5. The summed E-state index contributed by atoms with van der Waals surface area (Å²) in [5, 5.41) is 6.65. The van der Waals surface area contributed by atoms with Gasteiger partial charge in [0.25, 0.3) is 11.1 Å². The Bertz CT molecular complexity index is 1300. The van der Waals surface area contributed by atoms with Gasteiger partial charge < -0.3 is 16.5 Å². The van der Waals surface area contributed by atoms with Crippen molar-refractivity contribution in [2.24, 2.45) is 5.73 Å². The van der Waals surface area contributed by atoms with E-state index in [4.69, 9.17) is 11.5 Å². The average Bonchev–Trinajstić information content (AvgIpc) is 3.11. The predicted octanol–water partition coefficient (Wildman–Crippen LogP) is 0.478. The predicted molar refractivity (Wildman–Crippen MR) is 100 cm³/mol. The average molecular weight is 381 g/mol. The normalized spacial score (nSPS) is 11.0. The van der Waals surface area contributed by atoms with Gasteiger partial charge in [-0.05, 0) is 12.1 Å². The number of primary amides is 1. The molecule has 0 aliphatic carbocycles. The number of H-pyrrole nitrogens is 2. The van der Waals surface area contributed by atoms with Crippen LogP contribution in [0.15, 0.2) is 40.2 Å². The first-order chi connectivity index (χ1) is 12.9. The summed E-state index contributed by atoms with van der Waals surface area (Å²) in [5.74, 6) is -0.661. The molecule has 0 radical (unpaired) electrons. The van der Waals surface area contributed by atoms with E-state index in [1.807, 2.05) is 0 Å². The lowest BCUT2D eigenvalue weighted by Crippen LogP contribution is -2.15. The molecular weight excluding hydrogens is 370 g/mol. The second-order valence-corrected chi connectivity index (χ2v) is 6.59. The van der Waals surface area contributed by atoms with Crippen molar-refractivity contribution >= 4 is 34.0 Å². The SMILES string of the molecule is NC(=O)c1cnc2c(N)c(-c3ncc(-c4ccc(=O)[nH]n4)s3)c(=O)[nH]c2c1. The number of nitrogen functional groups attached to an aromatic ring is 1. The number of nitrogens with two attached hydrogens (primary N) is 2. The first kappa shape index (κ1) is 16.6. The number of hydrogen-bond acceptors (Lipinski definition) is 8. The Kier molecular flexibility index (Phi) is 3.78. The Morgan fingerprint density at radius 3 is 2.67 bits per heavy atom. The van der Waals surface area contributed by atoms with Gasteiger partial charge in [-0.1, -0.05) is 0 Å². The van der Waals surface area contributed by atoms with Gasteiger partial charge >= 0.3 is 0 Å². The van der Waals surface area contributed by atoms with Crippen LogP contribution >= 0.6 is 11.3 Å². The highest BCUT2D eigenvalue weighted by atomic mass is 32.1. The maximum absolute atomic E-state index is 12.6. The van der Waals surface area contributed by atoms with Gasteiger partial charge in [0.1, 0.15) is 21.8 Å². The first-order valence-electron chi connectivity index (χ1n) is 7.57. The van der Waals surface area contributed by atoms with Crippen molar-refractivity contribution in [3.63, 3.8) is 0 Å². The number of nitrogens with one attached hydrogen (secondary N) is 2. The molecule has 4 rings (SSSR count). The molecule has 0 fully saturated rings. The number of nitrogens with zero attached hydrogens (tertiary/aromatic N) is 3. The fourth-order valence-corrected chi connectivity index (χ4v) is 3.48. The van der Waals surface area contributed by atoms with Gasteiger partial charge in [0.15, 0.2) is 0 Å². The van der Waals surface area contributed by atoms with Crippen LogP contribution in [0, 0.1) is 0 Å². The van der Waals surface area contributed by atoms with Gasteiger partial charge in [0.2, 0.25) is 5.91 Å². The summed E-state index contributed by atoms with van der Waals surface area (Å²) in [4.78, 5) is 46.6. The molecule has 4 heterocycles. The molecule has 0 saturated carbocycles. The summed E-state index contributed by atoms with van der Waals surface area (Å²) in [6.07, 6.45) is 2.83. The smallest absolute Gasteiger partial charge is 0.264 e. The van der Waals surface area contributed by atoms with Crippen molar-refractivity contribution in [3.05, 3.63) is 56.9 Å². The number of fused-ring (bicyclic) bond motifs is 1. The Morgan fingerprint density at radius 1 is 1.15 bits per heavy atom. The minimum absolute atomic E-state index is 0.139. The Hall–Kier alpha value is -3.86. The van der Waals surface area contributed by atoms with Crippen LogP contribution < -0.4 is 22.6 Å².